The number of ether oxygens (including phenoxy) is 1. The normalized spacial score (nSPS) is 16.1. The van der Waals surface area contributed by atoms with Gasteiger partial charge in [-0.05, 0) is 50.2 Å². The van der Waals surface area contributed by atoms with E-state index in [-0.39, 0.29) is 36.7 Å². The zero-order chi connectivity index (χ0) is 26.1. The van der Waals surface area contributed by atoms with Gasteiger partial charge < -0.3 is 24.8 Å². The first-order chi connectivity index (χ1) is 17.2. The SMILES string of the molecule is Cc1cc(NC(=O)CCC(=O)N(CCC(C)C)[C@@H](C(=O)NC[C@@H]2CCCO2)c2ccccc2C)no1. The number of aromatic nitrogens is 1. The van der Waals surface area contributed by atoms with E-state index in [1.165, 1.54) is 0 Å². The number of nitrogens with one attached hydrogen (secondary N) is 2. The van der Waals surface area contributed by atoms with Crippen LogP contribution in [-0.2, 0) is 19.1 Å². The van der Waals surface area contributed by atoms with Crippen molar-refractivity contribution >= 4 is 23.5 Å². The quantitative estimate of drug-likeness (QED) is 0.459. The van der Waals surface area contributed by atoms with E-state index in [1.807, 2.05) is 31.2 Å². The molecule has 0 unspecified atom stereocenters. The highest BCUT2D eigenvalue weighted by atomic mass is 16.5. The number of rotatable bonds is 12. The Morgan fingerprint density at radius 1 is 1.17 bits per heavy atom. The van der Waals surface area contributed by atoms with Crippen molar-refractivity contribution in [1.82, 2.24) is 15.4 Å². The van der Waals surface area contributed by atoms with Gasteiger partial charge in [0.05, 0.1) is 6.10 Å². The molecule has 2 N–H and O–H groups in total. The molecule has 0 spiro atoms. The molecule has 9 heteroatoms. The number of nitrogens with zero attached hydrogens (tertiary/aromatic N) is 2. The van der Waals surface area contributed by atoms with Crippen molar-refractivity contribution in [2.24, 2.45) is 5.92 Å². The number of anilines is 1. The lowest BCUT2D eigenvalue weighted by Gasteiger charge is -2.33. The molecular formula is C27H38N4O5. The Morgan fingerprint density at radius 3 is 2.58 bits per heavy atom. The maximum Gasteiger partial charge on any atom is 0.247 e. The van der Waals surface area contributed by atoms with Gasteiger partial charge in [0.1, 0.15) is 11.8 Å². The number of hydrogen-bond acceptors (Lipinski definition) is 6. The molecule has 1 fully saturated rings. The number of aryl methyl sites for hydroxylation is 2. The van der Waals surface area contributed by atoms with Crippen LogP contribution in [0.3, 0.4) is 0 Å². The molecule has 1 aromatic heterocycles. The van der Waals surface area contributed by atoms with E-state index in [1.54, 1.807) is 17.9 Å². The van der Waals surface area contributed by atoms with Crippen LogP contribution in [0.1, 0.15) is 68.9 Å². The first kappa shape index (κ1) is 27.4. The van der Waals surface area contributed by atoms with Gasteiger partial charge in [-0.15, -0.1) is 0 Å². The lowest BCUT2D eigenvalue weighted by Crippen LogP contribution is -2.46. The third-order valence-electron chi connectivity index (χ3n) is 6.30. The second-order valence-corrected chi connectivity index (χ2v) is 9.78. The topological polar surface area (TPSA) is 114 Å². The number of amides is 3. The maximum atomic E-state index is 13.6. The molecule has 1 aliphatic heterocycles. The summed E-state index contributed by atoms with van der Waals surface area (Å²) in [5.74, 6) is 0.411. The summed E-state index contributed by atoms with van der Waals surface area (Å²) < 4.78 is 10.6. The van der Waals surface area contributed by atoms with E-state index in [0.717, 1.165) is 30.4 Å². The van der Waals surface area contributed by atoms with Crippen LogP contribution < -0.4 is 10.6 Å². The lowest BCUT2D eigenvalue weighted by atomic mass is 9.97. The Balaban J connectivity index is 1.77. The molecule has 36 heavy (non-hydrogen) atoms. The van der Waals surface area contributed by atoms with Gasteiger partial charge in [-0.25, -0.2) is 0 Å². The summed E-state index contributed by atoms with van der Waals surface area (Å²) in [5.41, 5.74) is 1.71. The third-order valence-corrected chi connectivity index (χ3v) is 6.30. The Bertz CT molecular complexity index is 1030. The molecule has 1 saturated heterocycles. The van der Waals surface area contributed by atoms with E-state index < -0.39 is 6.04 Å². The van der Waals surface area contributed by atoms with Gasteiger partial charge in [-0.2, -0.15) is 0 Å². The molecule has 0 aliphatic carbocycles. The fraction of sp³-hybridized carbons (Fsp3) is 0.556. The molecule has 1 aromatic carbocycles. The van der Waals surface area contributed by atoms with Crippen LogP contribution in [0.25, 0.3) is 0 Å². The van der Waals surface area contributed by atoms with Gasteiger partial charge in [0.15, 0.2) is 5.82 Å². The van der Waals surface area contributed by atoms with E-state index in [4.69, 9.17) is 9.26 Å². The molecule has 3 rings (SSSR count). The minimum absolute atomic E-state index is 0.00449. The summed E-state index contributed by atoms with van der Waals surface area (Å²) >= 11 is 0. The highest BCUT2D eigenvalue weighted by Crippen LogP contribution is 2.27. The molecule has 9 nitrogen and oxygen atoms in total. The Kier molecular flexibility index (Phi) is 10.0. The maximum absolute atomic E-state index is 13.6. The number of hydrogen-bond donors (Lipinski definition) is 2. The molecule has 0 radical (unpaired) electrons. The predicted octanol–water partition coefficient (Wildman–Crippen LogP) is 3.92. The molecule has 2 aromatic rings. The molecule has 2 atom stereocenters. The van der Waals surface area contributed by atoms with Crippen molar-refractivity contribution in [1.29, 1.82) is 0 Å². The van der Waals surface area contributed by atoms with Crippen LogP contribution in [0.4, 0.5) is 5.82 Å². The van der Waals surface area contributed by atoms with Crippen LogP contribution in [-0.4, -0.2) is 53.6 Å². The monoisotopic (exact) mass is 498 g/mol. The largest absolute Gasteiger partial charge is 0.376 e. The van der Waals surface area contributed by atoms with Gasteiger partial charge in [-0.1, -0.05) is 43.3 Å². The van der Waals surface area contributed by atoms with E-state index >= 15 is 0 Å². The van der Waals surface area contributed by atoms with E-state index in [9.17, 15) is 14.4 Å². The van der Waals surface area contributed by atoms with Crippen LogP contribution in [0.5, 0.6) is 0 Å². The van der Waals surface area contributed by atoms with Crippen molar-refractivity contribution < 1.29 is 23.6 Å². The Labute approximate surface area is 212 Å². The summed E-state index contributed by atoms with van der Waals surface area (Å²) in [6.45, 7) is 9.35. The number of carbonyl (C=O) groups excluding carboxylic acids is 3. The van der Waals surface area contributed by atoms with E-state index in [0.29, 0.717) is 37.2 Å². The standard InChI is InChI=1S/C27H38N4O5/c1-18(2)13-14-31(25(33)12-11-24(32)29-23-16-20(4)36-30-23)26(22-10-6-5-8-19(22)3)27(34)28-17-21-9-7-15-35-21/h5-6,8,10,16,18,21,26H,7,9,11-15,17H2,1-4H3,(H,28,34)(H,29,30,32)/t21-,26+/m0/s1. The molecule has 196 valence electrons. The van der Waals surface area contributed by atoms with Gasteiger partial charge in [0.2, 0.25) is 17.7 Å². The predicted molar refractivity (Wildman–Crippen MR) is 136 cm³/mol. The van der Waals surface area contributed by atoms with Gasteiger partial charge in [0.25, 0.3) is 0 Å². The molecule has 0 bridgehead atoms. The summed E-state index contributed by atoms with van der Waals surface area (Å²) in [7, 11) is 0. The minimum atomic E-state index is -0.792. The molecule has 3 amide bonds. The Hall–Kier alpha value is -3.20. The van der Waals surface area contributed by atoms with Crippen LogP contribution in [0.15, 0.2) is 34.9 Å². The van der Waals surface area contributed by atoms with Crippen molar-refractivity contribution in [3.05, 3.63) is 47.2 Å². The smallest absolute Gasteiger partial charge is 0.247 e. The molecular weight excluding hydrogens is 460 g/mol. The highest BCUT2D eigenvalue weighted by Gasteiger charge is 2.33. The lowest BCUT2D eigenvalue weighted by molar-refractivity contribution is -0.141. The summed E-state index contributed by atoms with van der Waals surface area (Å²) in [4.78, 5) is 41.1. The van der Waals surface area contributed by atoms with Gasteiger partial charge in [-0.3, -0.25) is 14.4 Å². The van der Waals surface area contributed by atoms with Crippen LogP contribution in [0.2, 0.25) is 0 Å². The fourth-order valence-corrected chi connectivity index (χ4v) is 4.25. The van der Waals surface area contributed by atoms with Gasteiger partial charge >= 0.3 is 0 Å². The molecule has 2 heterocycles. The number of benzene rings is 1. The number of carbonyl (C=O) groups is 3. The van der Waals surface area contributed by atoms with Crippen LogP contribution >= 0.6 is 0 Å². The Morgan fingerprint density at radius 2 is 1.94 bits per heavy atom. The first-order valence-corrected chi connectivity index (χ1v) is 12.7. The van der Waals surface area contributed by atoms with Gasteiger partial charge in [0, 0.05) is 38.6 Å². The summed E-state index contributed by atoms with van der Waals surface area (Å²) in [6, 6.07) is 8.44. The second-order valence-electron chi connectivity index (χ2n) is 9.78. The highest BCUT2D eigenvalue weighted by molar-refractivity contribution is 5.94. The van der Waals surface area contributed by atoms with Crippen molar-refractivity contribution in [3.63, 3.8) is 0 Å². The zero-order valence-corrected chi connectivity index (χ0v) is 21.7. The average molecular weight is 499 g/mol. The third kappa shape index (κ3) is 7.91. The zero-order valence-electron chi connectivity index (χ0n) is 21.7. The summed E-state index contributed by atoms with van der Waals surface area (Å²) in [5, 5.41) is 9.42. The van der Waals surface area contributed by atoms with Crippen molar-refractivity contribution in [3.8, 4) is 0 Å². The fourth-order valence-electron chi connectivity index (χ4n) is 4.25. The minimum Gasteiger partial charge on any atom is -0.376 e. The average Bonchev–Trinajstić information content (AvgIpc) is 3.51. The second kappa shape index (κ2) is 13.2. The van der Waals surface area contributed by atoms with Crippen molar-refractivity contribution in [2.45, 2.75) is 71.9 Å². The van der Waals surface area contributed by atoms with Crippen LogP contribution in [0, 0.1) is 19.8 Å². The van der Waals surface area contributed by atoms with Crippen molar-refractivity contribution in [2.75, 3.05) is 25.0 Å². The molecule has 0 saturated carbocycles. The van der Waals surface area contributed by atoms with E-state index in [2.05, 4.69) is 29.6 Å². The first-order valence-electron chi connectivity index (χ1n) is 12.7. The molecule has 1 aliphatic rings. The summed E-state index contributed by atoms with van der Waals surface area (Å²) in [6.07, 6.45) is 2.57.